The number of benzene rings is 2. The lowest BCUT2D eigenvalue weighted by atomic mass is 10.2. The molecule has 2 aromatic heterocycles. The maximum Gasteiger partial charge on any atom is 0.239 e. The molecule has 1 N–H and O–H groups in total. The summed E-state index contributed by atoms with van der Waals surface area (Å²) < 4.78 is 0. The number of thiazole rings is 1. The van der Waals surface area contributed by atoms with Gasteiger partial charge in [0, 0.05) is 16.3 Å². The van der Waals surface area contributed by atoms with Gasteiger partial charge in [-0.1, -0.05) is 60.3 Å². The van der Waals surface area contributed by atoms with Gasteiger partial charge in [-0.05, 0) is 19.9 Å². The number of thioether (sulfide) groups is 1. The fraction of sp³-hybridized carbons (Fsp3) is 0.143. The van der Waals surface area contributed by atoms with Crippen molar-refractivity contribution >= 4 is 45.0 Å². The molecular formula is C21H18N4OS2. The first-order valence-corrected chi connectivity index (χ1v) is 10.6. The zero-order valence-corrected chi connectivity index (χ0v) is 17.1. The number of carbonyl (C=O) groups is 1. The number of fused-ring (bicyclic) bond motifs is 1. The van der Waals surface area contributed by atoms with Crippen molar-refractivity contribution < 1.29 is 4.79 Å². The van der Waals surface area contributed by atoms with Gasteiger partial charge >= 0.3 is 0 Å². The molecule has 0 saturated heterocycles. The van der Waals surface area contributed by atoms with E-state index in [9.17, 15) is 4.79 Å². The SMILES string of the molecule is Cc1nc(SC(C)C(=O)Nc2nc(-c3ccccc3)cs2)c2ccccc2n1. The molecule has 7 heteroatoms. The Balaban J connectivity index is 1.48. The van der Waals surface area contributed by atoms with Gasteiger partial charge in [-0.25, -0.2) is 15.0 Å². The van der Waals surface area contributed by atoms with E-state index in [1.807, 2.05) is 73.8 Å². The topological polar surface area (TPSA) is 67.8 Å². The quantitative estimate of drug-likeness (QED) is 0.365. The van der Waals surface area contributed by atoms with E-state index >= 15 is 0 Å². The molecule has 4 rings (SSSR count). The van der Waals surface area contributed by atoms with Crippen LogP contribution in [-0.2, 0) is 4.79 Å². The highest BCUT2D eigenvalue weighted by atomic mass is 32.2. The monoisotopic (exact) mass is 406 g/mol. The molecular weight excluding hydrogens is 388 g/mol. The number of aryl methyl sites for hydroxylation is 1. The van der Waals surface area contributed by atoms with Gasteiger partial charge < -0.3 is 5.32 Å². The van der Waals surface area contributed by atoms with Crippen LogP contribution in [0.4, 0.5) is 5.13 Å². The second kappa shape index (κ2) is 8.08. The molecule has 1 unspecified atom stereocenters. The van der Waals surface area contributed by atoms with Crippen molar-refractivity contribution in [3.63, 3.8) is 0 Å². The first-order chi connectivity index (χ1) is 13.6. The molecule has 0 fully saturated rings. The van der Waals surface area contributed by atoms with E-state index in [0.29, 0.717) is 11.0 Å². The van der Waals surface area contributed by atoms with Crippen LogP contribution in [0.5, 0.6) is 0 Å². The number of nitrogens with one attached hydrogen (secondary N) is 1. The lowest BCUT2D eigenvalue weighted by Gasteiger charge is -2.12. The highest BCUT2D eigenvalue weighted by Crippen LogP contribution is 2.30. The zero-order chi connectivity index (χ0) is 19.5. The summed E-state index contributed by atoms with van der Waals surface area (Å²) in [6.45, 7) is 3.74. The summed E-state index contributed by atoms with van der Waals surface area (Å²) >= 11 is 2.85. The number of para-hydroxylation sites is 1. The number of anilines is 1. The summed E-state index contributed by atoms with van der Waals surface area (Å²) in [5.41, 5.74) is 2.78. The molecule has 0 saturated carbocycles. The van der Waals surface area contributed by atoms with Crippen molar-refractivity contribution in [2.45, 2.75) is 24.1 Å². The highest BCUT2D eigenvalue weighted by Gasteiger charge is 2.19. The number of hydrogen-bond acceptors (Lipinski definition) is 6. The average Bonchev–Trinajstić information content (AvgIpc) is 3.17. The Kier molecular flexibility index (Phi) is 5.36. The molecule has 0 spiro atoms. The first kappa shape index (κ1) is 18.6. The Bertz CT molecular complexity index is 1130. The van der Waals surface area contributed by atoms with Gasteiger partial charge in [0.2, 0.25) is 5.91 Å². The average molecular weight is 407 g/mol. The second-order valence-corrected chi connectivity index (χ2v) is 8.43. The molecule has 2 aromatic carbocycles. The third-order valence-corrected chi connectivity index (χ3v) is 6.00. The minimum atomic E-state index is -0.318. The van der Waals surface area contributed by atoms with Crippen LogP contribution >= 0.6 is 23.1 Å². The van der Waals surface area contributed by atoms with Crippen LogP contribution in [0.3, 0.4) is 0 Å². The van der Waals surface area contributed by atoms with Crippen molar-refractivity contribution in [1.29, 1.82) is 0 Å². The van der Waals surface area contributed by atoms with Gasteiger partial charge in [0.1, 0.15) is 10.9 Å². The maximum absolute atomic E-state index is 12.7. The Hall–Kier alpha value is -2.77. The molecule has 140 valence electrons. The van der Waals surface area contributed by atoms with E-state index in [-0.39, 0.29) is 11.2 Å². The molecule has 1 atom stereocenters. The summed E-state index contributed by atoms with van der Waals surface area (Å²) in [5, 5.41) is 6.92. The van der Waals surface area contributed by atoms with E-state index < -0.39 is 0 Å². The maximum atomic E-state index is 12.7. The number of rotatable bonds is 5. The number of aromatic nitrogens is 3. The molecule has 1 amide bonds. The molecule has 0 aliphatic rings. The summed E-state index contributed by atoms with van der Waals surface area (Å²) in [4.78, 5) is 26.2. The molecule has 0 aliphatic heterocycles. The Morgan fingerprint density at radius 3 is 2.61 bits per heavy atom. The third kappa shape index (κ3) is 4.05. The predicted molar refractivity (Wildman–Crippen MR) is 116 cm³/mol. The van der Waals surface area contributed by atoms with Gasteiger partial charge in [0.25, 0.3) is 0 Å². The molecule has 0 radical (unpaired) electrons. The van der Waals surface area contributed by atoms with Crippen molar-refractivity contribution in [1.82, 2.24) is 15.0 Å². The highest BCUT2D eigenvalue weighted by molar-refractivity contribution is 8.00. The molecule has 4 aromatic rings. The number of nitrogens with zero attached hydrogens (tertiary/aromatic N) is 3. The fourth-order valence-corrected chi connectivity index (χ4v) is 4.46. The van der Waals surface area contributed by atoms with Crippen molar-refractivity contribution in [3.05, 3.63) is 65.8 Å². The number of amides is 1. The van der Waals surface area contributed by atoms with E-state index in [0.717, 1.165) is 27.2 Å². The molecule has 0 aliphatic carbocycles. The van der Waals surface area contributed by atoms with Crippen LogP contribution in [0.2, 0.25) is 0 Å². The molecule has 2 heterocycles. The van der Waals surface area contributed by atoms with Crippen LogP contribution in [-0.4, -0.2) is 26.1 Å². The largest absolute Gasteiger partial charge is 0.301 e. The van der Waals surface area contributed by atoms with Crippen LogP contribution in [0, 0.1) is 6.92 Å². The normalized spacial score (nSPS) is 12.1. The van der Waals surface area contributed by atoms with Crippen molar-refractivity contribution in [2.24, 2.45) is 0 Å². The van der Waals surface area contributed by atoms with Crippen LogP contribution in [0.25, 0.3) is 22.2 Å². The van der Waals surface area contributed by atoms with E-state index in [4.69, 9.17) is 0 Å². The van der Waals surface area contributed by atoms with Crippen LogP contribution in [0.1, 0.15) is 12.7 Å². The predicted octanol–water partition coefficient (Wildman–Crippen LogP) is 5.18. The number of hydrogen-bond donors (Lipinski definition) is 1. The van der Waals surface area contributed by atoms with E-state index in [1.165, 1.54) is 23.1 Å². The van der Waals surface area contributed by atoms with E-state index in [2.05, 4.69) is 20.3 Å². The fourth-order valence-electron chi connectivity index (χ4n) is 2.75. The van der Waals surface area contributed by atoms with Gasteiger partial charge in [0.15, 0.2) is 5.13 Å². The molecule has 0 bridgehead atoms. The standard InChI is InChI=1S/C21H18N4OS2/c1-13(28-20-16-10-6-7-11-17(16)22-14(2)23-20)19(26)25-21-24-18(12-27-21)15-8-4-3-5-9-15/h3-13H,1-2H3,(H,24,25,26). The number of carbonyl (C=O) groups excluding carboxylic acids is 1. The smallest absolute Gasteiger partial charge is 0.239 e. The van der Waals surface area contributed by atoms with Gasteiger partial charge in [-0.2, -0.15) is 0 Å². The third-order valence-electron chi connectivity index (χ3n) is 4.14. The van der Waals surface area contributed by atoms with Crippen LogP contribution in [0.15, 0.2) is 65.0 Å². The van der Waals surface area contributed by atoms with Gasteiger partial charge in [-0.15, -0.1) is 11.3 Å². The molecule has 28 heavy (non-hydrogen) atoms. The van der Waals surface area contributed by atoms with Crippen molar-refractivity contribution in [2.75, 3.05) is 5.32 Å². The molecule has 5 nitrogen and oxygen atoms in total. The summed E-state index contributed by atoms with van der Waals surface area (Å²) in [6.07, 6.45) is 0. The minimum absolute atomic E-state index is 0.0979. The van der Waals surface area contributed by atoms with E-state index in [1.54, 1.807) is 0 Å². The summed E-state index contributed by atoms with van der Waals surface area (Å²) in [5.74, 6) is 0.598. The first-order valence-electron chi connectivity index (χ1n) is 8.82. The Morgan fingerprint density at radius 2 is 1.79 bits per heavy atom. The lowest BCUT2D eigenvalue weighted by Crippen LogP contribution is -2.22. The van der Waals surface area contributed by atoms with Gasteiger partial charge in [-0.3, -0.25) is 4.79 Å². The summed E-state index contributed by atoms with van der Waals surface area (Å²) in [6, 6.07) is 17.8. The minimum Gasteiger partial charge on any atom is -0.301 e. The summed E-state index contributed by atoms with van der Waals surface area (Å²) in [7, 11) is 0. The van der Waals surface area contributed by atoms with Crippen LogP contribution < -0.4 is 5.32 Å². The Labute approximate surface area is 171 Å². The second-order valence-electron chi connectivity index (χ2n) is 6.25. The van der Waals surface area contributed by atoms with Gasteiger partial charge in [0.05, 0.1) is 16.5 Å². The lowest BCUT2D eigenvalue weighted by molar-refractivity contribution is -0.115. The Morgan fingerprint density at radius 1 is 1.04 bits per heavy atom. The van der Waals surface area contributed by atoms with Crippen molar-refractivity contribution in [3.8, 4) is 11.3 Å². The zero-order valence-electron chi connectivity index (χ0n) is 15.4.